The number of hydrogen-bond donors (Lipinski definition) is 0. The number of fused-ring (bicyclic) bond motifs is 1. The number of carbonyl (C=O) groups is 1. The molecule has 2 fully saturated rings. The lowest BCUT2D eigenvalue weighted by molar-refractivity contribution is 0.0756. The molecule has 2 saturated heterocycles. The quantitative estimate of drug-likeness (QED) is 0.774. The third-order valence-electron chi connectivity index (χ3n) is 6.27. The number of benzene rings is 1. The maximum Gasteiger partial charge on any atom is 0.254 e. The van der Waals surface area contributed by atoms with Gasteiger partial charge in [0.2, 0.25) is 0 Å². The van der Waals surface area contributed by atoms with Gasteiger partial charge in [0, 0.05) is 48.5 Å². The zero-order chi connectivity index (χ0) is 17.5. The van der Waals surface area contributed by atoms with Crippen LogP contribution in [0.1, 0.15) is 41.8 Å². The fourth-order valence-corrected chi connectivity index (χ4v) is 4.82. The van der Waals surface area contributed by atoms with Crippen molar-refractivity contribution in [1.29, 1.82) is 0 Å². The second-order valence-corrected chi connectivity index (χ2v) is 8.68. The summed E-state index contributed by atoms with van der Waals surface area (Å²) in [5.74, 6) is 0.927. The Hall–Kier alpha value is -1.06. The summed E-state index contributed by atoms with van der Waals surface area (Å²) in [5, 5.41) is 0. The molecule has 4 heteroatoms. The average Bonchev–Trinajstić information content (AvgIpc) is 2.89. The Balaban J connectivity index is 1.78. The monoisotopic (exact) mass is 348 g/mol. The summed E-state index contributed by atoms with van der Waals surface area (Å²) < 4.78 is 0. The normalized spacial score (nSPS) is 30.0. The van der Waals surface area contributed by atoms with Crippen LogP contribution < -0.4 is 0 Å². The number of hydrogen-bond acceptors (Lipinski definition) is 2. The number of alkyl halides is 1. The smallest absolute Gasteiger partial charge is 0.254 e. The van der Waals surface area contributed by atoms with Gasteiger partial charge in [0.15, 0.2) is 0 Å². The average molecular weight is 349 g/mol. The number of rotatable bonds is 4. The zero-order valence-corrected chi connectivity index (χ0v) is 16.1. The summed E-state index contributed by atoms with van der Waals surface area (Å²) in [6, 6.07) is 6.10. The number of carbonyl (C=O) groups excluding carboxylic acids is 1. The largest absolute Gasteiger partial charge is 0.337 e. The Morgan fingerprint density at radius 3 is 2.12 bits per heavy atom. The van der Waals surface area contributed by atoms with Crippen molar-refractivity contribution in [2.24, 2.45) is 10.8 Å². The molecule has 2 aliphatic heterocycles. The zero-order valence-electron chi connectivity index (χ0n) is 15.4. The van der Waals surface area contributed by atoms with Crippen LogP contribution in [0.3, 0.4) is 0 Å². The van der Waals surface area contributed by atoms with Crippen LogP contribution in [-0.2, 0) is 0 Å². The molecule has 0 bridgehead atoms. The Kier molecular flexibility index (Phi) is 4.69. The molecule has 0 aliphatic carbocycles. The Labute approximate surface area is 151 Å². The van der Waals surface area contributed by atoms with E-state index in [1.165, 1.54) is 0 Å². The van der Waals surface area contributed by atoms with Crippen LogP contribution in [0.15, 0.2) is 18.2 Å². The van der Waals surface area contributed by atoms with Crippen molar-refractivity contribution in [3.05, 3.63) is 34.9 Å². The minimum atomic E-state index is 0.172. The van der Waals surface area contributed by atoms with Crippen LogP contribution >= 0.6 is 11.6 Å². The molecule has 2 atom stereocenters. The minimum Gasteiger partial charge on any atom is -0.337 e. The predicted molar refractivity (Wildman–Crippen MR) is 99.8 cm³/mol. The van der Waals surface area contributed by atoms with Gasteiger partial charge in [-0.1, -0.05) is 32.0 Å². The predicted octanol–water partition coefficient (Wildman–Crippen LogP) is 3.72. The molecule has 3 nitrogen and oxygen atoms in total. The topological polar surface area (TPSA) is 23.6 Å². The van der Waals surface area contributed by atoms with E-state index in [0.717, 1.165) is 61.7 Å². The van der Waals surface area contributed by atoms with E-state index < -0.39 is 0 Å². The van der Waals surface area contributed by atoms with Gasteiger partial charge in [-0.3, -0.25) is 4.79 Å². The van der Waals surface area contributed by atoms with E-state index in [1.807, 2.05) is 32.0 Å². The second kappa shape index (κ2) is 6.34. The molecule has 1 amide bonds. The second-order valence-electron chi connectivity index (χ2n) is 8.30. The van der Waals surface area contributed by atoms with E-state index >= 15 is 0 Å². The van der Waals surface area contributed by atoms with Crippen LogP contribution in [0.2, 0.25) is 0 Å². The van der Waals surface area contributed by atoms with E-state index in [9.17, 15) is 4.79 Å². The van der Waals surface area contributed by atoms with Crippen molar-refractivity contribution in [3.63, 3.8) is 0 Å². The van der Waals surface area contributed by atoms with Gasteiger partial charge in [-0.2, -0.15) is 0 Å². The molecule has 0 spiro atoms. The number of amides is 1. The third kappa shape index (κ3) is 2.86. The van der Waals surface area contributed by atoms with Crippen molar-refractivity contribution < 1.29 is 4.79 Å². The van der Waals surface area contributed by atoms with Gasteiger partial charge in [0.25, 0.3) is 5.91 Å². The lowest BCUT2D eigenvalue weighted by atomic mass is 9.71. The van der Waals surface area contributed by atoms with E-state index in [-0.39, 0.29) is 16.7 Å². The summed E-state index contributed by atoms with van der Waals surface area (Å²) in [6.45, 7) is 13.7. The Morgan fingerprint density at radius 2 is 1.62 bits per heavy atom. The van der Waals surface area contributed by atoms with Gasteiger partial charge >= 0.3 is 0 Å². The molecule has 0 N–H and O–H groups in total. The van der Waals surface area contributed by atoms with Crippen LogP contribution in [0.4, 0.5) is 0 Å². The van der Waals surface area contributed by atoms with Gasteiger partial charge in [-0.05, 0) is 37.9 Å². The molecule has 0 saturated carbocycles. The molecule has 0 unspecified atom stereocenters. The SMILES string of the molecule is Cc1cccc(C)c1C(=O)N1C[C@]2(C)CN(CCCCl)C[C@]2(C)C1. The lowest BCUT2D eigenvalue weighted by Crippen LogP contribution is -2.36. The van der Waals surface area contributed by atoms with Crippen molar-refractivity contribution in [3.8, 4) is 0 Å². The van der Waals surface area contributed by atoms with Crippen molar-refractivity contribution >= 4 is 17.5 Å². The number of aryl methyl sites for hydroxylation is 2. The molecule has 2 heterocycles. The van der Waals surface area contributed by atoms with Gasteiger partial charge in [0.05, 0.1) is 0 Å². The van der Waals surface area contributed by atoms with Gasteiger partial charge in [-0.25, -0.2) is 0 Å². The van der Waals surface area contributed by atoms with Crippen molar-refractivity contribution in [2.45, 2.75) is 34.1 Å². The van der Waals surface area contributed by atoms with Crippen LogP contribution in [0.25, 0.3) is 0 Å². The molecule has 132 valence electrons. The van der Waals surface area contributed by atoms with Crippen LogP contribution in [0.5, 0.6) is 0 Å². The highest BCUT2D eigenvalue weighted by Crippen LogP contribution is 2.51. The molecule has 1 aromatic rings. The molecule has 3 rings (SSSR count). The first-order chi connectivity index (χ1) is 11.3. The standard InChI is InChI=1S/C20H29ClN2O/c1-15-7-5-8-16(2)17(15)18(24)23-13-19(3)11-22(10-6-9-21)12-20(19,4)14-23/h5,7-8H,6,9-14H2,1-4H3/t19-,20+. The van der Waals surface area contributed by atoms with Crippen molar-refractivity contribution in [2.75, 3.05) is 38.6 Å². The van der Waals surface area contributed by atoms with E-state index in [1.54, 1.807) is 0 Å². The summed E-state index contributed by atoms with van der Waals surface area (Å²) in [6.07, 6.45) is 1.04. The van der Waals surface area contributed by atoms with Gasteiger partial charge in [0.1, 0.15) is 0 Å². The van der Waals surface area contributed by atoms with Gasteiger partial charge in [-0.15, -0.1) is 11.6 Å². The van der Waals surface area contributed by atoms with Crippen LogP contribution in [0, 0.1) is 24.7 Å². The van der Waals surface area contributed by atoms with E-state index in [4.69, 9.17) is 11.6 Å². The maximum absolute atomic E-state index is 13.2. The molecule has 0 radical (unpaired) electrons. The minimum absolute atomic E-state index is 0.172. The number of halogens is 1. The van der Waals surface area contributed by atoms with E-state index in [2.05, 4.69) is 23.6 Å². The summed E-state index contributed by atoms with van der Waals surface area (Å²) in [7, 11) is 0. The first-order valence-corrected chi connectivity index (χ1v) is 9.47. The Bertz CT molecular complexity index is 606. The molecular formula is C20H29ClN2O. The fraction of sp³-hybridized carbons (Fsp3) is 0.650. The van der Waals surface area contributed by atoms with Gasteiger partial charge < -0.3 is 9.80 Å². The fourth-order valence-electron chi connectivity index (χ4n) is 4.70. The molecule has 0 aromatic heterocycles. The Morgan fingerprint density at radius 1 is 1.08 bits per heavy atom. The summed E-state index contributed by atoms with van der Waals surface area (Å²) >= 11 is 5.85. The van der Waals surface area contributed by atoms with Crippen LogP contribution in [-0.4, -0.2) is 54.3 Å². The highest BCUT2D eigenvalue weighted by molar-refractivity contribution is 6.17. The van der Waals surface area contributed by atoms with E-state index in [0.29, 0.717) is 0 Å². The maximum atomic E-state index is 13.2. The third-order valence-corrected chi connectivity index (χ3v) is 6.54. The molecule has 24 heavy (non-hydrogen) atoms. The molecular weight excluding hydrogens is 320 g/mol. The summed E-state index contributed by atoms with van der Waals surface area (Å²) in [4.78, 5) is 17.8. The first kappa shape index (κ1) is 17.8. The van der Waals surface area contributed by atoms with Crippen molar-refractivity contribution in [1.82, 2.24) is 9.80 Å². The highest BCUT2D eigenvalue weighted by Gasteiger charge is 2.58. The number of nitrogens with zero attached hydrogens (tertiary/aromatic N) is 2. The highest BCUT2D eigenvalue weighted by atomic mass is 35.5. The summed E-state index contributed by atoms with van der Waals surface area (Å²) in [5.41, 5.74) is 3.40. The first-order valence-electron chi connectivity index (χ1n) is 8.93. The molecule has 2 aliphatic rings. The number of likely N-dealkylation sites (tertiary alicyclic amines) is 2. The lowest BCUT2D eigenvalue weighted by Gasteiger charge is -2.30. The molecule has 1 aromatic carbocycles.